The molecular formula is C15H23IN4S. The quantitative estimate of drug-likeness (QED) is 0.470. The molecule has 0 atom stereocenters. The van der Waals surface area contributed by atoms with Crippen LogP contribution in [0.15, 0.2) is 35.5 Å². The number of aliphatic imine (C=N–C) groups is 1. The van der Waals surface area contributed by atoms with E-state index in [1.807, 2.05) is 18.4 Å². The highest BCUT2D eigenvalue weighted by atomic mass is 127. The second-order valence-corrected chi connectivity index (χ2v) is 6.25. The topological polar surface area (TPSA) is 32.6 Å². The van der Waals surface area contributed by atoms with Gasteiger partial charge in [-0.2, -0.15) is 0 Å². The molecule has 0 amide bonds. The van der Waals surface area contributed by atoms with Crippen molar-refractivity contribution >= 4 is 41.3 Å². The van der Waals surface area contributed by atoms with Gasteiger partial charge in [-0.05, 0) is 31.2 Å². The lowest BCUT2D eigenvalue weighted by atomic mass is 10.4. The maximum absolute atomic E-state index is 4.35. The normalized spacial score (nSPS) is 11.1. The summed E-state index contributed by atoms with van der Waals surface area (Å²) >= 11 is 1.82. The van der Waals surface area contributed by atoms with Crippen molar-refractivity contribution in [1.29, 1.82) is 0 Å². The number of guanidine groups is 1. The van der Waals surface area contributed by atoms with Crippen LogP contribution in [0.5, 0.6) is 0 Å². The zero-order valence-electron chi connectivity index (χ0n) is 13.0. The minimum atomic E-state index is 0. The molecule has 0 fully saturated rings. The highest BCUT2D eigenvalue weighted by molar-refractivity contribution is 14.0. The molecule has 0 saturated carbocycles. The lowest BCUT2D eigenvalue weighted by Crippen LogP contribution is -2.38. The SMILES string of the molecule is CN=C(NCc1ccc(C)s1)N(C)Cc1cccn1C.I. The van der Waals surface area contributed by atoms with E-state index >= 15 is 0 Å². The number of hydrogen-bond acceptors (Lipinski definition) is 2. The fraction of sp³-hybridized carbons (Fsp3) is 0.400. The number of hydrogen-bond donors (Lipinski definition) is 1. The fourth-order valence-electron chi connectivity index (χ4n) is 2.11. The Balaban J connectivity index is 0.00000220. The molecule has 0 aliphatic heterocycles. The third kappa shape index (κ3) is 5.03. The van der Waals surface area contributed by atoms with E-state index in [-0.39, 0.29) is 24.0 Å². The van der Waals surface area contributed by atoms with Crippen molar-refractivity contribution in [3.8, 4) is 0 Å². The summed E-state index contributed by atoms with van der Waals surface area (Å²) in [6, 6.07) is 8.51. The van der Waals surface area contributed by atoms with E-state index in [9.17, 15) is 0 Å². The third-order valence-electron chi connectivity index (χ3n) is 3.24. The summed E-state index contributed by atoms with van der Waals surface area (Å²) in [7, 11) is 5.94. The molecule has 0 saturated heterocycles. The molecule has 2 aromatic heterocycles. The number of nitrogens with one attached hydrogen (secondary N) is 1. The Morgan fingerprint density at radius 3 is 2.67 bits per heavy atom. The smallest absolute Gasteiger partial charge is 0.194 e. The van der Waals surface area contributed by atoms with Crippen LogP contribution in [0.1, 0.15) is 15.4 Å². The van der Waals surface area contributed by atoms with Gasteiger partial charge in [-0.1, -0.05) is 0 Å². The standard InChI is InChI=1S/C15H22N4S.HI/c1-12-7-8-14(20-12)10-17-15(16-2)19(4)11-13-6-5-9-18(13)3;/h5-9H,10-11H2,1-4H3,(H,16,17);1H. The van der Waals surface area contributed by atoms with Gasteiger partial charge < -0.3 is 14.8 Å². The van der Waals surface area contributed by atoms with E-state index in [1.54, 1.807) is 0 Å². The van der Waals surface area contributed by atoms with Crippen LogP contribution in [0, 0.1) is 6.92 Å². The van der Waals surface area contributed by atoms with Gasteiger partial charge in [0.05, 0.1) is 13.1 Å². The zero-order chi connectivity index (χ0) is 14.5. The van der Waals surface area contributed by atoms with E-state index in [0.29, 0.717) is 0 Å². The van der Waals surface area contributed by atoms with Gasteiger partial charge in [-0.3, -0.25) is 4.99 Å². The van der Waals surface area contributed by atoms with Gasteiger partial charge in [0.1, 0.15) is 0 Å². The van der Waals surface area contributed by atoms with Crippen LogP contribution in [0.2, 0.25) is 0 Å². The Bertz CT molecular complexity index is 588. The van der Waals surface area contributed by atoms with Crippen molar-refractivity contribution in [2.75, 3.05) is 14.1 Å². The van der Waals surface area contributed by atoms with Crippen molar-refractivity contribution in [3.63, 3.8) is 0 Å². The third-order valence-corrected chi connectivity index (χ3v) is 4.24. The molecule has 0 unspecified atom stereocenters. The molecule has 6 heteroatoms. The maximum Gasteiger partial charge on any atom is 0.194 e. The van der Waals surface area contributed by atoms with Crippen LogP contribution in [-0.2, 0) is 20.1 Å². The minimum Gasteiger partial charge on any atom is -0.353 e. The maximum atomic E-state index is 4.35. The van der Waals surface area contributed by atoms with E-state index in [0.717, 1.165) is 19.0 Å². The second kappa shape index (κ2) is 8.43. The lowest BCUT2D eigenvalue weighted by molar-refractivity contribution is 0.462. The zero-order valence-corrected chi connectivity index (χ0v) is 16.1. The number of rotatable bonds is 4. The molecule has 2 rings (SSSR count). The van der Waals surface area contributed by atoms with E-state index in [1.165, 1.54) is 15.4 Å². The molecule has 0 radical (unpaired) electrons. The van der Waals surface area contributed by atoms with Crippen molar-refractivity contribution in [2.45, 2.75) is 20.0 Å². The molecule has 2 heterocycles. The summed E-state index contributed by atoms with van der Waals surface area (Å²) in [4.78, 5) is 9.15. The minimum absolute atomic E-state index is 0. The average molecular weight is 418 g/mol. The number of halogens is 1. The summed E-state index contributed by atoms with van der Waals surface area (Å²) in [6.45, 7) is 3.79. The monoisotopic (exact) mass is 418 g/mol. The summed E-state index contributed by atoms with van der Waals surface area (Å²) in [5.41, 5.74) is 1.27. The molecule has 0 aliphatic carbocycles. The second-order valence-electron chi connectivity index (χ2n) is 4.88. The van der Waals surface area contributed by atoms with E-state index in [4.69, 9.17) is 0 Å². The predicted molar refractivity (Wildman–Crippen MR) is 102 cm³/mol. The summed E-state index contributed by atoms with van der Waals surface area (Å²) in [5, 5.41) is 3.41. The largest absolute Gasteiger partial charge is 0.353 e. The van der Waals surface area contributed by atoms with Crippen molar-refractivity contribution < 1.29 is 0 Å². The van der Waals surface area contributed by atoms with Crippen LogP contribution < -0.4 is 5.32 Å². The summed E-state index contributed by atoms with van der Waals surface area (Å²) in [5.74, 6) is 0.914. The van der Waals surface area contributed by atoms with Crippen LogP contribution in [-0.4, -0.2) is 29.5 Å². The first-order valence-corrected chi connectivity index (χ1v) is 7.49. The van der Waals surface area contributed by atoms with Gasteiger partial charge >= 0.3 is 0 Å². The molecule has 21 heavy (non-hydrogen) atoms. The van der Waals surface area contributed by atoms with Crippen LogP contribution >= 0.6 is 35.3 Å². The first kappa shape index (κ1) is 18.0. The number of nitrogens with zero attached hydrogens (tertiary/aromatic N) is 3. The first-order valence-electron chi connectivity index (χ1n) is 6.67. The summed E-state index contributed by atoms with van der Waals surface area (Å²) in [6.07, 6.45) is 2.06. The fourth-order valence-corrected chi connectivity index (χ4v) is 2.94. The van der Waals surface area contributed by atoms with Gasteiger partial charge in [0.2, 0.25) is 0 Å². The Morgan fingerprint density at radius 2 is 2.14 bits per heavy atom. The molecule has 1 N–H and O–H groups in total. The van der Waals surface area contributed by atoms with Crippen molar-refractivity contribution in [2.24, 2.45) is 12.0 Å². The van der Waals surface area contributed by atoms with Gasteiger partial charge in [-0.15, -0.1) is 35.3 Å². The van der Waals surface area contributed by atoms with Gasteiger partial charge in [0, 0.05) is 42.8 Å². The van der Waals surface area contributed by atoms with Gasteiger partial charge in [-0.25, -0.2) is 0 Å². The molecule has 0 aromatic carbocycles. The van der Waals surface area contributed by atoms with Crippen LogP contribution in [0.4, 0.5) is 0 Å². The van der Waals surface area contributed by atoms with Crippen molar-refractivity contribution in [3.05, 3.63) is 45.9 Å². The Labute approximate surface area is 147 Å². The number of aromatic nitrogens is 1. The van der Waals surface area contributed by atoms with Crippen LogP contribution in [0.25, 0.3) is 0 Å². The van der Waals surface area contributed by atoms with Crippen molar-refractivity contribution in [1.82, 2.24) is 14.8 Å². The van der Waals surface area contributed by atoms with Crippen LogP contribution in [0.3, 0.4) is 0 Å². The highest BCUT2D eigenvalue weighted by Gasteiger charge is 2.08. The molecular weight excluding hydrogens is 395 g/mol. The number of thiophene rings is 1. The Morgan fingerprint density at radius 1 is 1.38 bits per heavy atom. The van der Waals surface area contributed by atoms with E-state index < -0.39 is 0 Å². The molecule has 116 valence electrons. The highest BCUT2D eigenvalue weighted by Crippen LogP contribution is 2.14. The lowest BCUT2D eigenvalue weighted by Gasteiger charge is -2.22. The molecule has 4 nitrogen and oxygen atoms in total. The molecule has 0 aliphatic rings. The number of aryl methyl sites for hydroxylation is 2. The molecule has 0 bridgehead atoms. The Kier molecular flexibility index (Phi) is 7.24. The van der Waals surface area contributed by atoms with E-state index in [2.05, 4.69) is 71.3 Å². The average Bonchev–Trinajstić information content (AvgIpc) is 3.00. The van der Waals surface area contributed by atoms with Gasteiger partial charge in [0.15, 0.2) is 5.96 Å². The Hall–Kier alpha value is -1.02. The first-order chi connectivity index (χ1) is 9.60. The molecule has 2 aromatic rings. The van der Waals surface area contributed by atoms with Gasteiger partial charge in [0.25, 0.3) is 0 Å². The molecule has 0 spiro atoms. The summed E-state index contributed by atoms with van der Waals surface area (Å²) < 4.78 is 2.13. The predicted octanol–water partition coefficient (Wildman–Crippen LogP) is 3.22.